The van der Waals surface area contributed by atoms with Crippen LogP contribution in [0.4, 0.5) is 5.69 Å². The zero-order valence-corrected chi connectivity index (χ0v) is 18.9. The highest BCUT2D eigenvalue weighted by atomic mass is 35.5. The second kappa shape index (κ2) is 10.3. The molecule has 170 valence electrons. The van der Waals surface area contributed by atoms with E-state index in [0.29, 0.717) is 28.1 Å². The lowest BCUT2D eigenvalue weighted by molar-refractivity contribution is -0.129. The third-order valence-electron chi connectivity index (χ3n) is 5.60. The molecule has 2 amide bonds. The number of ether oxygens (including phenoxy) is 2. The maximum absolute atomic E-state index is 12.6. The summed E-state index contributed by atoms with van der Waals surface area (Å²) in [5, 5.41) is 10.5. The number of nitrogens with one attached hydrogen (secondary N) is 3. The molecule has 9 heteroatoms. The minimum Gasteiger partial charge on any atom is -0.484 e. The van der Waals surface area contributed by atoms with Crippen molar-refractivity contribution in [3.63, 3.8) is 0 Å². The lowest BCUT2D eigenvalue weighted by Gasteiger charge is -2.32. The Bertz CT molecular complexity index is 962. The summed E-state index contributed by atoms with van der Waals surface area (Å²) >= 11 is 11.8. The van der Waals surface area contributed by atoms with E-state index in [1.807, 2.05) is 0 Å². The highest BCUT2D eigenvalue weighted by Gasteiger charge is 2.29. The highest BCUT2D eigenvalue weighted by molar-refractivity contribution is 6.31. The predicted octanol–water partition coefficient (Wildman–Crippen LogP) is 3.79. The second-order valence-corrected chi connectivity index (χ2v) is 8.87. The van der Waals surface area contributed by atoms with Gasteiger partial charge >= 0.3 is 0 Å². The minimum absolute atomic E-state index is 0.0446. The Kier molecular flexibility index (Phi) is 7.27. The number of carbonyl (C=O) groups is 2. The lowest BCUT2D eigenvalue weighted by atomic mass is 9.91. The molecule has 1 heterocycles. The molecule has 0 aromatic heterocycles. The van der Waals surface area contributed by atoms with Crippen LogP contribution < -0.4 is 25.4 Å². The van der Waals surface area contributed by atoms with E-state index < -0.39 is 6.10 Å². The van der Waals surface area contributed by atoms with Gasteiger partial charge in [0.1, 0.15) is 11.5 Å². The molecule has 0 saturated heterocycles. The van der Waals surface area contributed by atoms with E-state index in [1.165, 1.54) is 0 Å². The summed E-state index contributed by atoms with van der Waals surface area (Å²) in [4.78, 5) is 24.8. The fraction of sp³-hybridized carbons (Fsp3) is 0.391. The Balaban J connectivity index is 1.17. The minimum atomic E-state index is -0.592. The molecule has 1 atom stereocenters. The first-order valence-corrected chi connectivity index (χ1v) is 11.4. The van der Waals surface area contributed by atoms with Gasteiger partial charge in [-0.1, -0.05) is 23.2 Å². The first-order chi connectivity index (χ1) is 15.5. The van der Waals surface area contributed by atoms with Crippen LogP contribution in [-0.4, -0.2) is 43.2 Å². The molecule has 2 aliphatic rings. The highest BCUT2D eigenvalue weighted by Crippen LogP contribution is 2.31. The number of hydrogen-bond donors (Lipinski definition) is 3. The first-order valence-electron chi connectivity index (χ1n) is 10.6. The van der Waals surface area contributed by atoms with Crippen molar-refractivity contribution in [2.45, 2.75) is 43.9 Å². The fourth-order valence-corrected chi connectivity index (χ4v) is 4.21. The summed E-state index contributed by atoms with van der Waals surface area (Å²) in [6, 6.07) is 12.3. The van der Waals surface area contributed by atoms with E-state index in [0.717, 1.165) is 31.4 Å². The predicted molar refractivity (Wildman–Crippen MR) is 124 cm³/mol. The van der Waals surface area contributed by atoms with Gasteiger partial charge in [0, 0.05) is 22.1 Å². The first kappa shape index (κ1) is 22.6. The number of amides is 2. The molecule has 1 fully saturated rings. The topological polar surface area (TPSA) is 88.7 Å². The summed E-state index contributed by atoms with van der Waals surface area (Å²) < 4.78 is 11.3. The van der Waals surface area contributed by atoms with Gasteiger partial charge in [-0.2, -0.15) is 0 Å². The molecule has 0 spiro atoms. The SMILES string of the molecule is O=C(COc1ccc(Cl)cc1)NC1CCC(NC(=O)[C@@H]2CNc3cc(Cl)ccc3O2)CC1. The Morgan fingerprint density at radius 3 is 2.34 bits per heavy atom. The van der Waals surface area contributed by atoms with Crippen LogP contribution in [0.25, 0.3) is 0 Å². The number of anilines is 1. The third-order valence-corrected chi connectivity index (χ3v) is 6.09. The van der Waals surface area contributed by atoms with Crippen LogP contribution in [0.5, 0.6) is 11.5 Å². The third kappa shape index (κ3) is 5.99. The zero-order chi connectivity index (χ0) is 22.5. The smallest absolute Gasteiger partial charge is 0.263 e. The van der Waals surface area contributed by atoms with Gasteiger partial charge in [-0.05, 0) is 68.1 Å². The van der Waals surface area contributed by atoms with Gasteiger partial charge in [-0.25, -0.2) is 0 Å². The van der Waals surface area contributed by atoms with E-state index >= 15 is 0 Å². The molecule has 1 aliphatic heterocycles. The van der Waals surface area contributed by atoms with Crippen LogP contribution in [0, 0.1) is 0 Å². The lowest BCUT2D eigenvalue weighted by Crippen LogP contribution is -2.50. The van der Waals surface area contributed by atoms with Crippen molar-refractivity contribution in [2.24, 2.45) is 0 Å². The van der Waals surface area contributed by atoms with Gasteiger partial charge in [0.25, 0.3) is 11.8 Å². The van der Waals surface area contributed by atoms with Gasteiger partial charge in [0.15, 0.2) is 12.7 Å². The molecule has 0 bridgehead atoms. The Labute approximate surface area is 196 Å². The van der Waals surface area contributed by atoms with Crippen molar-refractivity contribution in [1.82, 2.24) is 10.6 Å². The van der Waals surface area contributed by atoms with Crippen LogP contribution >= 0.6 is 23.2 Å². The van der Waals surface area contributed by atoms with Crippen molar-refractivity contribution in [3.8, 4) is 11.5 Å². The van der Waals surface area contributed by atoms with Crippen LogP contribution in [0.15, 0.2) is 42.5 Å². The second-order valence-electron chi connectivity index (χ2n) is 8.00. The average molecular weight is 478 g/mol. The van der Waals surface area contributed by atoms with Crippen LogP contribution in [-0.2, 0) is 9.59 Å². The van der Waals surface area contributed by atoms with E-state index in [9.17, 15) is 9.59 Å². The van der Waals surface area contributed by atoms with Gasteiger partial charge in [0.2, 0.25) is 0 Å². The molecule has 1 saturated carbocycles. The van der Waals surface area contributed by atoms with Gasteiger partial charge < -0.3 is 25.4 Å². The summed E-state index contributed by atoms with van der Waals surface area (Å²) in [7, 11) is 0. The summed E-state index contributed by atoms with van der Waals surface area (Å²) in [6.45, 7) is 0.342. The summed E-state index contributed by atoms with van der Waals surface area (Å²) in [5.74, 6) is 0.920. The number of benzene rings is 2. The van der Waals surface area contributed by atoms with Crippen LogP contribution in [0.1, 0.15) is 25.7 Å². The maximum atomic E-state index is 12.6. The monoisotopic (exact) mass is 477 g/mol. The van der Waals surface area contributed by atoms with Crippen LogP contribution in [0.2, 0.25) is 10.0 Å². The maximum Gasteiger partial charge on any atom is 0.263 e. The molecule has 4 rings (SSSR count). The van der Waals surface area contributed by atoms with Crippen molar-refractivity contribution < 1.29 is 19.1 Å². The molecule has 32 heavy (non-hydrogen) atoms. The Morgan fingerprint density at radius 2 is 1.62 bits per heavy atom. The number of carbonyl (C=O) groups excluding carboxylic acids is 2. The van der Waals surface area contributed by atoms with Crippen molar-refractivity contribution in [1.29, 1.82) is 0 Å². The fourth-order valence-electron chi connectivity index (χ4n) is 3.91. The van der Waals surface area contributed by atoms with E-state index in [4.69, 9.17) is 32.7 Å². The van der Waals surface area contributed by atoms with Crippen LogP contribution in [0.3, 0.4) is 0 Å². The molecule has 3 N–H and O–H groups in total. The number of hydrogen-bond acceptors (Lipinski definition) is 5. The molecule has 0 unspecified atom stereocenters. The molecule has 2 aromatic rings. The Morgan fingerprint density at radius 1 is 0.969 bits per heavy atom. The van der Waals surface area contributed by atoms with Gasteiger partial charge in [0.05, 0.1) is 12.2 Å². The van der Waals surface area contributed by atoms with Crippen molar-refractivity contribution in [3.05, 3.63) is 52.5 Å². The van der Waals surface area contributed by atoms with E-state index in [2.05, 4.69) is 16.0 Å². The number of rotatable bonds is 6. The summed E-state index contributed by atoms with van der Waals surface area (Å²) in [6.07, 6.45) is 2.58. The van der Waals surface area contributed by atoms with Gasteiger partial charge in [-0.3, -0.25) is 9.59 Å². The van der Waals surface area contributed by atoms with Gasteiger partial charge in [-0.15, -0.1) is 0 Å². The van der Waals surface area contributed by atoms with E-state index in [1.54, 1.807) is 42.5 Å². The summed E-state index contributed by atoms with van der Waals surface area (Å²) in [5.41, 5.74) is 0.790. The normalized spacial score (nSPS) is 22.0. The standard InChI is InChI=1S/C23H25Cl2N3O4/c24-14-1-8-18(9-2-14)31-13-22(29)27-16-4-6-17(7-5-16)28-23(30)21-12-26-19-11-15(25)3-10-20(19)32-21/h1-3,8-11,16-17,21,26H,4-7,12-13H2,(H,27,29)(H,28,30)/t16?,17?,21-/m0/s1. The molecule has 1 aliphatic carbocycles. The molecule has 7 nitrogen and oxygen atoms in total. The van der Waals surface area contributed by atoms with Crippen molar-refractivity contribution >= 4 is 40.7 Å². The quantitative estimate of drug-likeness (QED) is 0.588. The van der Waals surface area contributed by atoms with Crippen molar-refractivity contribution in [2.75, 3.05) is 18.5 Å². The number of fused-ring (bicyclic) bond motifs is 1. The largest absolute Gasteiger partial charge is 0.484 e. The Hall–Kier alpha value is -2.64. The van der Waals surface area contributed by atoms with E-state index in [-0.39, 0.29) is 30.5 Å². The number of halogens is 2. The molecular formula is C23H25Cl2N3O4. The molecule has 0 radical (unpaired) electrons. The average Bonchev–Trinajstić information content (AvgIpc) is 2.79. The molecule has 2 aromatic carbocycles. The molecular weight excluding hydrogens is 453 g/mol. The zero-order valence-electron chi connectivity index (χ0n) is 17.4.